The fourth-order valence-electron chi connectivity index (χ4n) is 2.14. The molecule has 1 aliphatic rings. The molecular formula is C14H16N4O. The summed E-state index contributed by atoms with van der Waals surface area (Å²) >= 11 is 0. The smallest absolute Gasteiger partial charge is 0.130 e. The second-order valence-corrected chi connectivity index (χ2v) is 4.53. The summed E-state index contributed by atoms with van der Waals surface area (Å²) in [6, 6.07) is 6.12. The minimum atomic E-state index is 0.304. The van der Waals surface area contributed by atoms with Gasteiger partial charge in [0.05, 0.1) is 18.9 Å². The molecule has 1 unspecified atom stereocenters. The highest BCUT2D eigenvalue weighted by molar-refractivity contribution is 5.56. The molecule has 1 atom stereocenters. The molecule has 0 spiro atoms. The molecule has 0 aliphatic carbocycles. The van der Waals surface area contributed by atoms with E-state index in [2.05, 4.69) is 20.3 Å². The second kappa shape index (κ2) is 5.86. The molecule has 2 aromatic rings. The Balaban J connectivity index is 1.76. The van der Waals surface area contributed by atoms with Gasteiger partial charge in [-0.3, -0.25) is 4.98 Å². The maximum Gasteiger partial charge on any atom is 0.130 e. The van der Waals surface area contributed by atoms with Crippen molar-refractivity contribution in [3.8, 4) is 11.3 Å². The van der Waals surface area contributed by atoms with Crippen LogP contribution in [0.1, 0.15) is 5.82 Å². The predicted molar refractivity (Wildman–Crippen MR) is 71.6 cm³/mol. The summed E-state index contributed by atoms with van der Waals surface area (Å²) in [5.74, 6) is 0.837. The van der Waals surface area contributed by atoms with Crippen molar-refractivity contribution in [2.24, 2.45) is 0 Å². The predicted octanol–water partition coefficient (Wildman–Crippen LogP) is 1.07. The summed E-state index contributed by atoms with van der Waals surface area (Å²) in [6.07, 6.45) is 6.16. The molecule has 5 heteroatoms. The molecule has 1 fully saturated rings. The first-order valence-electron chi connectivity index (χ1n) is 6.45. The van der Waals surface area contributed by atoms with Gasteiger partial charge in [0.2, 0.25) is 0 Å². The highest BCUT2D eigenvalue weighted by Crippen LogP contribution is 2.14. The number of pyridine rings is 1. The highest BCUT2D eigenvalue weighted by Gasteiger charge is 2.15. The van der Waals surface area contributed by atoms with Crippen LogP contribution >= 0.6 is 0 Å². The number of hydrogen-bond acceptors (Lipinski definition) is 5. The lowest BCUT2D eigenvalue weighted by molar-refractivity contribution is 0.0764. The van der Waals surface area contributed by atoms with Crippen LogP contribution in [0.15, 0.2) is 36.8 Å². The minimum Gasteiger partial charge on any atom is -0.379 e. The summed E-state index contributed by atoms with van der Waals surface area (Å²) in [6.45, 7) is 2.40. The number of rotatable bonds is 3. The van der Waals surface area contributed by atoms with Gasteiger partial charge in [0.25, 0.3) is 0 Å². The third-order valence-corrected chi connectivity index (χ3v) is 3.09. The number of ether oxygens (including phenoxy) is 1. The lowest BCUT2D eigenvalue weighted by Gasteiger charge is -2.23. The van der Waals surface area contributed by atoms with Crippen LogP contribution in [-0.4, -0.2) is 40.8 Å². The van der Waals surface area contributed by atoms with E-state index in [4.69, 9.17) is 4.74 Å². The third kappa shape index (κ3) is 3.13. The van der Waals surface area contributed by atoms with Crippen LogP contribution in [-0.2, 0) is 11.2 Å². The lowest BCUT2D eigenvalue weighted by Crippen LogP contribution is -2.42. The Morgan fingerprint density at radius 3 is 3.11 bits per heavy atom. The van der Waals surface area contributed by atoms with Crippen molar-refractivity contribution in [2.45, 2.75) is 12.5 Å². The van der Waals surface area contributed by atoms with Crippen molar-refractivity contribution < 1.29 is 4.74 Å². The standard InChI is InChI=1S/C14H16N4O/c1-2-11(9-15-4-1)13-3-5-17-14(18-13)8-12-10-19-7-6-16-12/h1-5,9,12,16H,6-8,10H2. The summed E-state index contributed by atoms with van der Waals surface area (Å²) in [4.78, 5) is 13.0. The van der Waals surface area contributed by atoms with Crippen molar-refractivity contribution >= 4 is 0 Å². The van der Waals surface area contributed by atoms with Gasteiger partial charge in [-0.15, -0.1) is 0 Å². The monoisotopic (exact) mass is 256 g/mol. The Bertz CT molecular complexity index is 526. The Morgan fingerprint density at radius 1 is 1.32 bits per heavy atom. The molecule has 1 saturated heterocycles. The number of nitrogens with zero attached hydrogens (tertiary/aromatic N) is 3. The van der Waals surface area contributed by atoms with Crippen molar-refractivity contribution in [1.29, 1.82) is 0 Å². The van der Waals surface area contributed by atoms with Gasteiger partial charge in [-0.05, 0) is 18.2 Å². The van der Waals surface area contributed by atoms with Gasteiger partial charge >= 0.3 is 0 Å². The average molecular weight is 256 g/mol. The van der Waals surface area contributed by atoms with E-state index in [1.54, 1.807) is 12.4 Å². The summed E-state index contributed by atoms with van der Waals surface area (Å²) in [7, 11) is 0. The molecule has 0 radical (unpaired) electrons. The highest BCUT2D eigenvalue weighted by atomic mass is 16.5. The molecule has 2 aromatic heterocycles. The third-order valence-electron chi connectivity index (χ3n) is 3.09. The van der Waals surface area contributed by atoms with Crippen LogP contribution < -0.4 is 5.32 Å². The molecule has 3 heterocycles. The van der Waals surface area contributed by atoms with E-state index >= 15 is 0 Å². The van der Waals surface area contributed by atoms with Crippen LogP contribution in [0.5, 0.6) is 0 Å². The van der Waals surface area contributed by atoms with Crippen molar-refractivity contribution in [3.63, 3.8) is 0 Å². The largest absolute Gasteiger partial charge is 0.379 e. The van der Waals surface area contributed by atoms with Crippen LogP contribution in [0, 0.1) is 0 Å². The summed E-state index contributed by atoms with van der Waals surface area (Å²) < 4.78 is 5.44. The van der Waals surface area contributed by atoms with Crippen LogP contribution in [0.3, 0.4) is 0 Å². The molecule has 98 valence electrons. The van der Waals surface area contributed by atoms with Gasteiger partial charge in [-0.1, -0.05) is 0 Å². The molecule has 3 rings (SSSR count). The molecule has 19 heavy (non-hydrogen) atoms. The SMILES string of the molecule is c1cncc(-c2ccnc(CC3COCCN3)n2)c1. The molecule has 5 nitrogen and oxygen atoms in total. The summed E-state index contributed by atoms with van der Waals surface area (Å²) in [5.41, 5.74) is 1.92. The fourth-order valence-corrected chi connectivity index (χ4v) is 2.14. The minimum absolute atomic E-state index is 0.304. The van der Waals surface area contributed by atoms with Gasteiger partial charge in [-0.25, -0.2) is 9.97 Å². The topological polar surface area (TPSA) is 59.9 Å². The number of nitrogens with one attached hydrogen (secondary N) is 1. The maximum absolute atomic E-state index is 5.44. The molecule has 1 N–H and O–H groups in total. The molecule has 0 saturated carbocycles. The molecule has 0 amide bonds. The first-order valence-corrected chi connectivity index (χ1v) is 6.45. The zero-order valence-electron chi connectivity index (χ0n) is 10.6. The van der Waals surface area contributed by atoms with Gasteiger partial charge in [0, 0.05) is 43.2 Å². The van der Waals surface area contributed by atoms with Gasteiger partial charge < -0.3 is 10.1 Å². The molecule has 0 aromatic carbocycles. The zero-order valence-corrected chi connectivity index (χ0v) is 10.6. The van der Waals surface area contributed by atoms with E-state index in [9.17, 15) is 0 Å². The van der Waals surface area contributed by atoms with Crippen LogP contribution in [0.4, 0.5) is 0 Å². The first-order chi connectivity index (χ1) is 9.42. The molecule has 0 bridgehead atoms. The number of hydrogen-bond donors (Lipinski definition) is 1. The van der Waals surface area contributed by atoms with Crippen molar-refractivity contribution in [3.05, 3.63) is 42.6 Å². The second-order valence-electron chi connectivity index (χ2n) is 4.53. The van der Waals surface area contributed by atoms with Crippen LogP contribution in [0.2, 0.25) is 0 Å². The normalized spacial score (nSPS) is 19.3. The van der Waals surface area contributed by atoms with E-state index < -0.39 is 0 Å². The van der Waals surface area contributed by atoms with E-state index in [0.717, 1.165) is 43.3 Å². The first kappa shape index (κ1) is 12.2. The molecule has 1 aliphatic heterocycles. The maximum atomic E-state index is 5.44. The summed E-state index contributed by atoms with van der Waals surface area (Å²) in [5, 5.41) is 3.41. The number of morpholine rings is 1. The molecular weight excluding hydrogens is 240 g/mol. The van der Waals surface area contributed by atoms with E-state index in [1.807, 2.05) is 24.4 Å². The zero-order chi connectivity index (χ0) is 12.9. The van der Waals surface area contributed by atoms with Crippen LogP contribution in [0.25, 0.3) is 11.3 Å². The Hall–Kier alpha value is -1.85. The number of aromatic nitrogens is 3. The van der Waals surface area contributed by atoms with E-state index in [0.29, 0.717) is 6.04 Å². The van der Waals surface area contributed by atoms with Gasteiger partial charge in [-0.2, -0.15) is 0 Å². The Morgan fingerprint density at radius 2 is 2.32 bits per heavy atom. The Kier molecular flexibility index (Phi) is 3.76. The van der Waals surface area contributed by atoms with Gasteiger partial charge in [0.1, 0.15) is 5.82 Å². The van der Waals surface area contributed by atoms with Gasteiger partial charge in [0.15, 0.2) is 0 Å². The average Bonchev–Trinajstić information content (AvgIpc) is 2.49. The van der Waals surface area contributed by atoms with Crippen molar-refractivity contribution in [2.75, 3.05) is 19.8 Å². The Labute approximate surface area is 112 Å². The fraction of sp³-hybridized carbons (Fsp3) is 0.357. The van der Waals surface area contributed by atoms with E-state index in [-0.39, 0.29) is 0 Å². The van der Waals surface area contributed by atoms with E-state index in [1.165, 1.54) is 0 Å². The lowest BCUT2D eigenvalue weighted by atomic mass is 10.1. The quantitative estimate of drug-likeness (QED) is 0.890. The van der Waals surface area contributed by atoms with Crippen molar-refractivity contribution in [1.82, 2.24) is 20.3 Å².